The number of unbranched alkanes of at least 4 members (excludes halogenated alkanes) is 8. The van der Waals surface area contributed by atoms with E-state index >= 15 is 0 Å². The SMILES string of the molecule is C.C.CC.CC1CO1.CCCCCCC=CC(CC(=O)OC(C)COC(C)COC)C(=O)[O-].CCCCCCC=CC1CC(=O)OC1=O.CO.COCC(C)OCC(C)O.COCC(C)OCC(C)O.[Na+]. The van der Waals surface area contributed by atoms with Crippen LogP contribution in [0.15, 0.2) is 24.3 Å². The van der Waals surface area contributed by atoms with Crippen LogP contribution in [-0.4, -0.2) is 157 Å². The van der Waals surface area contributed by atoms with Crippen molar-refractivity contribution in [3.8, 4) is 0 Å². The zero-order valence-electron chi connectivity index (χ0n) is 46.0. The fourth-order valence-corrected chi connectivity index (χ4v) is 5.11. The van der Waals surface area contributed by atoms with Crippen LogP contribution in [0.25, 0.3) is 0 Å². The predicted molar refractivity (Wildman–Crippen MR) is 277 cm³/mol. The van der Waals surface area contributed by atoms with Gasteiger partial charge in [-0.1, -0.05) is 105 Å². The van der Waals surface area contributed by atoms with Crippen molar-refractivity contribution in [2.24, 2.45) is 11.8 Å². The predicted octanol–water partition coefficient (Wildman–Crippen LogP) is 5.01. The van der Waals surface area contributed by atoms with Crippen LogP contribution in [0.3, 0.4) is 0 Å². The molecule has 0 saturated carbocycles. The summed E-state index contributed by atoms with van der Waals surface area (Å²) in [5, 5.41) is 35.8. The first-order valence-corrected chi connectivity index (χ1v) is 24.6. The van der Waals surface area contributed by atoms with E-state index in [4.69, 9.17) is 53.2 Å². The standard InChI is InChI=1S/C19H34O6.C12H18O3.2C7H16O3.C3H6O.C2H6.CH4O.2CH4.Na/c1-5-6-7-8-9-10-11-17(19(21)22)12-18(20)25-16(3)14-24-15(2)13-23-4;1-2-3-4-5-6-7-8-10-9-11(13)15-12(10)14;2*1-6(8)4-10-7(2)5-9-3;1-3-2-4-3;2*1-2;;;/h10-11,15-17H,5-9,12-14H2,1-4H3,(H,21,22);7-8,10H,2-6,9H2,1H3;2*6-8H,4-5H2,1-3H3;3H,2H2,1H3;1-2H3;2H,1H3;2*1H4;/q;;;;;;;;;+1/p-1. The van der Waals surface area contributed by atoms with Gasteiger partial charge in [-0.15, -0.1) is 0 Å². The summed E-state index contributed by atoms with van der Waals surface area (Å²) in [7, 11) is 5.84. The molecule has 71 heavy (non-hydrogen) atoms. The Labute approximate surface area is 455 Å². The number of aliphatic hydroxyl groups is 3. The Morgan fingerprint density at radius 1 is 0.690 bits per heavy atom. The van der Waals surface area contributed by atoms with Gasteiger partial charge in [0, 0.05) is 40.3 Å². The van der Waals surface area contributed by atoms with Gasteiger partial charge in [-0.3, -0.25) is 14.4 Å². The second kappa shape index (κ2) is 64.3. The van der Waals surface area contributed by atoms with Crippen LogP contribution in [0, 0.1) is 11.8 Å². The van der Waals surface area contributed by atoms with Gasteiger partial charge in [-0.05, 0) is 74.1 Å². The van der Waals surface area contributed by atoms with E-state index in [0.29, 0.717) is 39.1 Å². The molecule has 422 valence electrons. The molecule has 18 heteroatoms. The molecule has 2 fully saturated rings. The topological polar surface area (TPSA) is 238 Å². The van der Waals surface area contributed by atoms with Crippen LogP contribution in [0.5, 0.6) is 0 Å². The smallest absolute Gasteiger partial charge is 0.550 e. The second-order valence-corrected chi connectivity index (χ2v) is 16.2. The van der Waals surface area contributed by atoms with Crippen LogP contribution < -0.4 is 34.7 Å². The van der Waals surface area contributed by atoms with Crippen molar-refractivity contribution < 1.29 is 112 Å². The van der Waals surface area contributed by atoms with E-state index < -0.39 is 35.9 Å². The molecule has 2 saturated heterocycles. The molecule has 2 heterocycles. The van der Waals surface area contributed by atoms with Crippen molar-refractivity contribution in [3.63, 3.8) is 0 Å². The molecular formula is C53H107NaO17. The van der Waals surface area contributed by atoms with Crippen LogP contribution in [-0.2, 0) is 61.8 Å². The number of epoxide rings is 1. The van der Waals surface area contributed by atoms with E-state index in [2.05, 4.69) is 25.5 Å². The Balaban J connectivity index is -0.000000123. The molecular weight excluding hydrogens is 932 g/mol. The maximum absolute atomic E-state index is 11.9. The van der Waals surface area contributed by atoms with Crippen molar-refractivity contribution >= 4 is 23.9 Å². The summed E-state index contributed by atoms with van der Waals surface area (Å²) < 4.78 is 44.7. The number of carboxylic acids is 1. The van der Waals surface area contributed by atoms with Gasteiger partial charge < -0.3 is 67.9 Å². The number of ether oxygens (including phenoxy) is 9. The van der Waals surface area contributed by atoms with Crippen LogP contribution >= 0.6 is 0 Å². The summed E-state index contributed by atoms with van der Waals surface area (Å²) in [5.41, 5.74) is 0. The van der Waals surface area contributed by atoms with Gasteiger partial charge in [-0.25, -0.2) is 0 Å². The van der Waals surface area contributed by atoms with Gasteiger partial charge in [0.15, 0.2) is 0 Å². The monoisotopic (exact) mass is 1040 g/mol. The molecule has 0 aromatic carbocycles. The summed E-state index contributed by atoms with van der Waals surface area (Å²) in [6, 6.07) is 0. The molecule has 0 radical (unpaired) electrons. The number of allylic oxidation sites excluding steroid dienone is 2. The number of aliphatic carboxylic acids is 1. The fraction of sp³-hybridized carbons (Fsp3) is 0.849. The third-order valence-electron chi connectivity index (χ3n) is 8.67. The average molecular weight is 1040 g/mol. The summed E-state index contributed by atoms with van der Waals surface area (Å²) in [6.07, 6.45) is 17.6. The van der Waals surface area contributed by atoms with E-state index in [1.165, 1.54) is 31.8 Å². The van der Waals surface area contributed by atoms with E-state index in [1.807, 2.05) is 46.8 Å². The first-order chi connectivity index (χ1) is 32.4. The van der Waals surface area contributed by atoms with E-state index in [1.54, 1.807) is 48.2 Å². The molecule has 2 aliphatic heterocycles. The molecule has 0 aliphatic carbocycles. The molecule has 9 unspecified atom stereocenters. The van der Waals surface area contributed by atoms with Crippen molar-refractivity contribution in [3.05, 3.63) is 24.3 Å². The van der Waals surface area contributed by atoms with Crippen LogP contribution in [0.4, 0.5) is 0 Å². The summed E-state index contributed by atoms with van der Waals surface area (Å²) in [4.78, 5) is 44.9. The van der Waals surface area contributed by atoms with Gasteiger partial charge in [0.1, 0.15) is 6.10 Å². The number of hydrogen-bond acceptors (Lipinski definition) is 17. The van der Waals surface area contributed by atoms with Gasteiger partial charge in [-0.2, -0.15) is 0 Å². The van der Waals surface area contributed by atoms with Crippen LogP contribution in [0.2, 0.25) is 0 Å². The largest absolute Gasteiger partial charge is 1.00 e. The molecule has 0 spiro atoms. The number of aliphatic hydroxyl groups excluding tert-OH is 3. The molecule has 9 atom stereocenters. The minimum atomic E-state index is -1.26. The Morgan fingerprint density at radius 3 is 1.41 bits per heavy atom. The zero-order valence-corrected chi connectivity index (χ0v) is 48.0. The molecule has 0 aromatic rings. The van der Waals surface area contributed by atoms with E-state index in [-0.39, 0.29) is 100 Å². The maximum Gasteiger partial charge on any atom is 1.00 e. The minimum absolute atomic E-state index is 0. The Bertz CT molecular complexity index is 1160. The van der Waals surface area contributed by atoms with Gasteiger partial charge in [0.05, 0.1) is 102 Å². The molecule has 0 amide bonds. The van der Waals surface area contributed by atoms with E-state index in [0.717, 1.165) is 52.2 Å². The van der Waals surface area contributed by atoms with Crippen LogP contribution in [0.1, 0.15) is 168 Å². The zero-order chi connectivity index (χ0) is 53.1. The molecule has 2 aliphatic rings. The van der Waals surface area contributed by atoms with Gasteiger partial charge in [0.2, 0.25) is 0 Å². The molecule has 0 aromatic heterocycles. The normalized spacial score (nSPS) is 16.9. The maximum atomic E-state index is 11.9. The van der Waals surface area contributed by atoms with Crippen molar-refractivity contribution in [2.75, 3.05) is 74.7 Å². The van der Waals surface area contributed by atoms with Crippen molar-refractivity contribution in [2.45, 2.75) is 211 Å². The number of methoxy groups -OCH3 is 3. The third-order valence-corrected chi connectivity index (χ3v) is 8.67. The number of hydrogen-bond donors (Lipinski definition) is 3. The van der Waals surface area contributed by atoms with Crippen molar-refractivity contribution in [1.82, 2.24) is 0 Å². The van der Waals surface area contributed by atoms with E-state index in [9.17, 15) is 24.3 Å². The summed E-state index contributed by atoms with van der Waals surface area (Å²) in [5.74, 6) is -3.92. The first-order valence-electron chi connectivity index (χ1n) is 24.6. The molecule has 0 bridgehead atoms. The third kappa shape index (κ3) is 70.3. The summed E-state index contributed by atoms with van der Waals surface area (Å²) in [6.45, 7) is 24.7. The average Bonchev–Trinajstić information content (AvgIpc) is 4.02. The van der Waals surface area contributed by atoms with Gasteiger partial charge >= 0.3 is 47.5 Å². The second-order valence-electron chi connectivity index (χ2n) is 16.2. The quantitative estimate of drug-likeness (QED) is 0.0207. The number of carboxylic acid groups (broad SMARTS) is 1. The summed E-state index contributed by atoms with van der Waals surface area (Å²) >= 11 is 0. The molecule has 17 nitrogen and oxygen atoms in total. The minimum Gasteiger partial charge on any atom is -0.550 e. The Morgan fingerprint density at radius 2 is 1.08 bits per heavy atom. The molecule has 3 N–H and O–H groups in total. The first kappa shape index (κ1) is 85.9. The van der Waals surface area contributed by atoms with Crippen molar-refractivity contribution in [1.29, 1.82) is 0 Å². The van der Waals surface area contributed by atoms with Gasteiger partial charge in [0.25, 0.3) is 0 Å². The number of carbonyl (C=O) groups is 4. The Hall–Kier alpha value is -1.84. The number of esters is 3. The molecule has 2 rings (SSSR count). The fourth-order valence-electron chi connectivity index (χ4n) is 5.11. The number of rotatable bonds is 31. The number of cyclic esters (lactones) is 2. The number of carbonyl (C=O) groups excluding carboxylic acids is 4. The Kier molecular flexibility index (Phi) is 77.8.